The van der Waals surface area contributed by atoms with Gasteiger partial charge >= 0.3 is 0 Å². The lowest BCUT2D eigenvalue weighted by Crippen LogP contribution is -2.48. The van der Waals surface area contributed by atoms with Crippen molar-refractivity contribution in [2.45, 2.75) is 36.3 Å². The number of rotatable bonds is 4. The molecule has 2 aliphatic rings. The molecule has 0 aromatic carbocycles. The van der Waals surface area contributed by atoms with Crippen LogP contribution < -0.4 is 5.32 Å². The third kappa shape index (κ3) is 2.89. The SMILES string of the molecule is CCC1SCCSC1C(NC)C1CCOC1. The van der Waals surface area contributed by atoms with E-state index in [1.54, 1.807) is 0 Å². The van der Waals surface area contributed by atoms with E-state index >= 15 is 0 Å². The largest absolute Gasteiger partial charge is 0.381 e. The molecule has 0 bridgehead atoms. The van der Waals surface area contributed by atoms with E-state index in [1.165, 1.54) is 24.3 Å². The molecule has 0 spiro atoms. The highest BCUT2D eigenvalue weighted by atomic mass is 32.2. The zero-order valence-corrected chi connectivity index (χ0v) is 11.9. The first-order valence-electron chi connectivity index (χ1n) is 6.35. The van der Waals surface area contributed by atoms with Gasteiger partial charge in [-0.25, -0.2) is 0 Å². The van der Waals surface area contributed by atoms with Crippen LogP contribution in [0.4, 0.5) is 0 Å². The number of thioether (sulfide) groups is 2. The van der Waals surface area contributed by atoms with Gasteiger partial charge in [-0.3, -0.25) is 0 Å². The highest BCUT2D eigenvalue weighted by Crippen LogP contribution is 2.38. The van der Waals surface area contributed by atoms with Gasteiger partial charge in [0, 0.05) is 40.6 Å². The molecule has 4 unspecified atom stereocenters. The summed E-state index contributed by atoms with van der Waals surface area (Å²) in [5.41, 5.74) is 0. The molecule has 16 heavy (non-hydrogen) atoms. The molecule has 0 aliphatic carbocycles. The summed E-state index contributed by atoms with van der Waals surface area (Å²) in [5, 5.41) is 5.17. The molecule has 4 heteroatoms. The van der Waals surface area contributed by atoms with E-state index in [0.29, 0.717) is 6.04 Å². The van der Waals surface area contributed by atoms with Crippen molar-refractivity contribution in [1.82, 2.24) is 5.32 Å². The van der Waals surface area contributed by atoms with Crippen molar-refractivity contribution < 1.29 is 4.74 Å². The van der Waals surface area contributed by atoms with Crippen molar-refractivity contribution in [2.24, 2.45) is 5.92 Å². The number of ether oxygens (including phenoxy) is 1. The predicted molar refractivity (Wildman–Crippen MR) is 74.6 cm³/mol. The zero-order valence-electron chi connectivity index (χ0n) is 10.3. The minimum absolute atomic E-state index is 0.644. The Morgan fingerprint density at radius 3 is 2.81 bits per heavy atom. The van der Waals surface area contributed by atoms with Crippen molar-refractivity contribution >= 4 is 23.5 Å². The van der Waals surface area contributed by atoms with Gasteiger partial charge in [-0.15, -0.1) is 0 Å². The number of hydrogen-bond acceptors (Lipinski definition) is 4. The average molecular weight is 261 g/mol. The van der Waals surface area contributed by atoms with Gasteiger partial charge in [-0.1, -0.05) is 6.92 Å². The van der Waals surface area contributed by atoms with Crippen LogP contribution in [0.3, 0.4) is 0 Å². The fourth-order valence-electron chi connectivity index (χ4n) is 2.78. The molecule has 0 amide bonds. The Kier molecular flexibility index (Phi) is 5.33. The standard InChI is InChI=1S/C12H23NOS2/c1-3-10-12(16-7-6-15-10)11(13-2)9-4-5-14-8-9/h9-13H,3-8H2,1-2H3. The maximum absolute atomic E-state index is 5.54. The van der Waals surface area contributed by atoms with E-state index in [1.807, 2.05) is 0 Å². The van der Waals surface area contributed by atoms with Crippen molar-refractivity contribution in [2.75, 3.05) is 31.8 Å². The Hall–Kier alpha value is 0.620. The fourth-order valence-corrected chi connectivity index (χ4v) is 6.16. The van der Waals surface area contributed by atoms with Crippen LogP contribution in [0.25, 0.3) is 0 Å². The van der Waals surface area contributed by atoms with Gasteiger partial charge in [-0.2, -0.15) is 23.5 Å². The quantitative estimate of drug-likeness (QED) is 0.837. The van der Waals surface area contributed by atoms with Crippen molar-refractivity contribution in [3.63, 3.8) is 0 Å². The summed E-state index contributed by atoms with van der Waals surface area (Å²) >= 11 is 4.35. The van der Waals surface area contributed by atoms with E-state index < -0.39 is 0 Å². The van der Waals surface area contributed by atoms with Crippen LogP contribution in [0.2, 0.25) is 0 Å². The topological polar surface area (TPSA) is 21.3 Å². The Balaban J connectivity index is 1.99. The average Bonchev–Trinajstić information content (AvgIpc) is 2.84. The van der Waals surface area contributed by atoms with Gasteiger partial charge in [0.25, 0.3) is 0 Å². The molecule has 94 valence electrons. The van der Waals surface area contributed by atoms with Crippen LogP contribution >= 0.6 is 23.5 Å². The van der Waals surface area contributed by atoms with Crippen molar-refractivity contribution in [3.8, 4) is 0 Å². The molecule has 4 atom stereocenters. The molecule has 2 saturated heterocycles. The third-order valence-electron chi connectivity index (χ3n) is 3.65. The number of nitrogens with one attached hydrogen (secondary N) is 1. The molecule has 1 N–H and O–H groups in total. The smallest absolute Gasteiger partial charge is 0.0510 e. The van der Waals surface area contributed by atoms with Crippen molar-refractivity contribution in [3.05, 3.63) is 0 Å². The highest BCUT2D eigenvalue weighted by molar-refractivity contribution is 8.07. The van der Waals surface area contributed by atoms with E-state index in [2.05, 4.69) is 42.8 Å². The molecular formula is C12H23NOS2. The molecule has 0 radical (unpaired) electrons. The first-order valence-corrected chi connectivity index (χ1v) is 8.44. The molecule has 2 nitrogen and oxygen atoms in total. The van der Waals surface area contributed by atoms with Crippen LogP contribution in [0.1, 0.15) is 19.8 Å². The molecule has 2 aliphatic heterocycles. The monoisotopic (exact) mass is 261 g/mol. The summed E-state index contributed by atoms with van der Waals surface area (Å²) in [6.45, 7) is 4.25. The first kappa shape index (κ1) is 13.1. The maximum atomic E-state index is 5.54. The summed E-state index contributed by atoms with van der Waals surface area (Å²) in [4.78, 5) is 0. The van der Waals surface area contributed by atoms with Crippen LogP contribution in [0.5, 0.6) is 0 Å². The van der Waals surface area contributed by atoms with Gasteiger partial charge in [0.2, 0.25) is 0 Å². The highest BCUT2D eigenvalue weighted by Gasteiger charge is 2.37. The van der Waals surface area contributed by atoms with Gasteiger partial charge < -0.3 is 10.1 Å². The molecule has 2 fully saturated rings. The summed E-state index contributed by atoms with van der Waals surface area (Å²) in [7, 11) is 2.12. The number of hydrogen-bond donors (Lipinski definition) is 1. The second kappa shape index (κ2) is 6.53. The normalized spacial score (nSPS) is 37.5. The predicted octanol–water partition coefficient (Wildman–Crippen LogP) is 2.24. The lowest BCUT2D eigenvalue weighted by molar-refractivity contribution is 0.177. The van der Waals surface area contributed by atoms with Gasteiger partial charge in [0.05, 0.1) is 6.61 Å². The summed E-state index contributed by atoms with van der Waals surface area (Å²) < 4.78 is 5.54. The van der Waals surface area contributed by atoms with E-state index in [-0.39, 0.29) is 0 Å². The fraction of sp³-hybridized carbons (Fsp3) is 1.00. The van der Waals surface area contributed by atoms with Crippen molar-refractivity contribution in [1.29, 1.82) is 0 Å². The zero-order chi connectivity index (χ0) is 11.4. The van der Waals surface area contributed by atoms with Crippen LogP contribution in [0.15, 0.2) is 0 Å². The van der Waals surface area contributed by atoms with Gasteiger partial charge in [0.1, 0.15) is 0 Å². The van der Waals surface area contributed by atoms with Gasteiger partial charge in [0.15, 0.2) is 0 Å². The molecule has 2 heterocycles. The second-order valence-corrected chi connectivity index (χ2v) is 7.22. The maximum Gasteiger partial charge on any atom is 0.0510 e. The minimum atomic E-state index is 0.644. The lowest BCUT2D eigenvalue weighted by atomic mass is 9.94. The van der Waals surface area contributed by atoms with Crippen LogP contribution in [-0.2, 0) is 4.74 Å². The Bertz CT molecular complexity index is 207. The molecule has 0 aromatic heterocycles. The summed E-state index contributed by atoms with van der Waals surface area (Å²) in [6.07, 6.45) is 2.54. The second-order valence-electron chi connectivity index (χ2n) is 4.59. The third-order valence-corrected chi connectivity index (χ3v) is 7.03. The van der Waals surface area contributed by atoms with E-state index in [4.69, 9.17) is 4.74 Å². The van der Waals surface area contributed by atoms with Crippen LogP contribution in [0, 0.1) is 5.92 Å². The summed E-state index contributed by atoms with van der Waals surface area (Å²) in [6, 6.07) is 0.644. The lowest BCUT2D eigenvalue weighted by Gasteiger charge is -2.38. The Morgan fingerprint density at radius 1 is 1.38 bits per heavy atom. The summed E-state index contributed by atoms with van der Waals surface area (Å²) in [5.74, 6) is 3.38. The first-order chi connectivity index (χ1) is 7.86. The molecule has 0 saturated carbocycles. The molecular weight excluding hydrogens is 238 g/mol. The van der Waals surface area contributed by atoms with Gasteiger partial charge in [-0.05, 0) is 19.9 Å². The van der Waals surface area contributed by atoms with Crippen LogP contribution in [-0.4, -0.2) is 48.3 Å². The molecule has 0 aromatic rings. The van der Waals surface area contributed by atoms with E-state index in [9.17, 15) is 0 Å². The molecule has 2 rings (SSSR count). The minimum Gasteiger partial charge on any atom is -0.381 e. The Morgan fingerprint density at radius 2 is 2.19 bits per heavy atom. The van der Waals surface area contributed by atoms with E-state index in [0.717, 1.165) is 29.6 Å². The Labute approximate surface area is 108 Å².